The van der Waals surface area contributed by atoms with E-state index in [-0.39, 0.29) is 17.3 Å². The van der Waals surface area contributed by atoms with Crippen LogP contribution in [0.1, 0.15) is 79.0 Å². The van der Waals surface area contributed by atoms with Crippen LogP contribution in [-0.2, 0) is 0 Å². The molecule has 50 heavy (non-hydrogen) atoms. The van der Waals surface area contributed by atoms with Gasteiger partial charge in [-0.2, -0.15) is 0 Å². The third kappa shape index (κ3) is 6.28. The van der Waals surface area contributed by atoms with Crippen molar-refractivity contribution >= 4 is 12.2 Å². The number of hydrogen-bond acceptors (Lipinski definition) is 4. The molecule has 4 heteroatoms. The highest BCUT2D eigenvalue weighted by Gasteiger charge is 2.55. The van der Waals surface area contributed by atoms with Crippen molar-refractivity contribution in [1.29, 1.82) is 0 Å². The molecule has 0 heterocycles. The first kappa shape index (κ1) is 33.5. The lowest BCUT2D eigenvalue weighted by atomic mass is 9.47. The average molecular weight is 665 g/mol. The lowest BCUT2D eigenvalue weighted by Gasteiger charge is -2.56. The average Bonchev–Trinajstić information content (AvgIpc) is 3.17. The summed E-state index contributed by atoms with van der Waals surface area (Å²) in [5.41, 5.74) is 12.1. The number of allylic oxidation sites excluding steroid dienone is 5. The zero-order valence-corrected chi connectivity index (χ0v) is 29.8. The second-order valence-electron chi connectivity index (χ2n) is 13.9. The molecule has 0 aliphatic heterocycles. The molecule has 4 aromatic rings. The maximum absolute atomic E-state index is 5.66. The van der Waals surface area contributed by atoms with E-state index in [9.17, 15) is 0 Å². The van der Waals surface area contributed by atoms with Gasteiger partial charge in [0, 0.05) is 11.3 Å². The Morgan fingerprint density at radius 3 is 1.54 bits per heavy atom. The molecule has 4 aromatic carbocycles. The smallest absolute Gasteiger partial charge is 0.118 e. The molecule has 1 fully saturated rings. The molecular weight excluding hydrogens is 617 g/mol. The van der Waals surface area contributed by atoms with Crippen LogP contribution in [0.5, 0.6) is 23.0 Å². The van der Waals surface area contributed by atoms with Crippen molar-refractivity contribution in [3.63, 3.8) is 0 Å². The van der Waals surface area contributed by atoms with Crippen LogP contribution >= 0.6 is 0 Å². The van der Waals surface area contributed by atoms with Crippen LogP contribution in [0.4, 0.5) is 0 Å². The largest absolute Gasteiger partial charge is 0.497 e. The van der Waals surface area contributed by atoms with Crippen molar-refractivity contribution in [2.45, 2.75) is 56.8 Å². The number of hydrogen-bond donors (Lipinski definition) is 0. The molecule has 7 rings (SSSR count). The van der Waals surface area contributed by atoms with Gasteiger partial charge in [-0.3, -0.25) is 0 Å². The van der Waals surface area contributed by atoms with Crippen molar-refractivity contribution in [3.8, 4) is 23.0 Å². The van der Waals surface area contributed by atoms with E-state index in [1.165, 1.54) is 44.5 Å². The van der Waals surface area contributed by atoms with E-state index in [0.717, 1.165) is 67.9 Å². The molecule has 0 radical (unpaired) electrons. The minimum absolute atomic E-state index is 0.177. The summed E-state index contributed by atoms with van der Waals surface area (Å²) in [6, 6.07) is 34.6. The third-order valence-corrected chi connectivity index (χ3v) is 11.4. The predicted octanol–water partition coefficient (Wildman–Crippen LogP) is 11.4. The molecule has 4 nitrogen and oxygen atoms in total. The summed E-state index contributed by atoms with van der Waals surface area (Å²) in [5.74, 6) is 3.91. The van der Waals surface area contributed by atoms with E-state index >= 15 is 0 Å². The standard InChI is InChI=1S/C46H48O4/c1-31-36(28-32-11-19-38(47-2)20-12-32)9-7-27-46(31)44(34-15-23-40(49-4)24-16-34)30-43-37(29-33-13-21-39(48-3)22-14-33)8-6-10-42(43)45(46)35-17-25-41(50-5)26-18-35/h11-26,28-29,44-45H,1,6-10,27,30H2,2-5H3. The molecule has 3 atom stereocenters. The summed E-state index contributed by atoms with van der Waals surface area (Å²) in [6.45, 7) is 5.07. The van der Waals surface area contributed by atoms with Crippen LogP contribution in [0, 0.1) is 5.41 Å². The fraction of sp³-hybridized carbons (Fsp3) is 0.304. The Bertz CT molecular complexity index is 1910. The highest BCUT2D eigenvalue weighted by molar-refractivity contribution is 5.67. The molecule has 0 saturated heterocycles. The van der Waals surface area contributed by atoms with E-state index in [0.29, 0.717) is 0 Å². The van der Waals surface area contributed by atoms with Crippen LogP contribution in [0.3, 0.4) is 0 Å². The van der Waals surface area contributed by atoms with Gasteiger partial charge in [0.15, 0.2) is 0 Å². The first-order valence-corrected chi connectivity index (χ1v) is 17.9. The molecule has 0 N–H and O–H groups in total. The van der Waals surface area contributed by atoms with Gasteiger partial charge in [0.2, 0.25) is 0 Å². The van der Waals surface area contributed by atoms with E-state index in [1.54, 1.807) is 34.0 Å². The molecule has 3 aliphatic rings. The van der Waals surface area contributed by atoms with Gasteiger partial charge in [-0.05, 0) is 144 Å². The quantitative estimate of drug-likeness (QED) is 0.188. The molecule has 1 spiro atoms. The zero-order valence-electron chi connectivity index (χ0n) is 29.8. The Morgan fingerprint density at radius 2 is 1.02 bits per heavy atom. The topological polar surface area (TPSA) is 36.9 Å². The minimum Gasteiger partial charge on any atom is -0.497 e. The predicted molar refractivity (Wildman–Crippen MR) is 204 cm³/mol. The summed E-state index contributed by atoms with van der Waals surface area (Å²) in [6.07, 6.45) is 12.3. The molecule has 0 bridgehead atoms. The Balaban J connectivity index is 1.44. The lowest BCUT2D eigenvalue weighted by molar-refractivity contribution is 0.184. The SMILES string of the molecule is C=C1C(=Cc2ccc(OC)cc2)CCCC12C(c1ccc(OC)cc1)CC1=C(CCCC1=Cc1ccc(OC)cc1)C2c1ccc(OC)cc1. The number of rotatable bonds is 8. The van der Waals surface area contributed by atoms with Gasteiger partial charge in [0.1, 0.15) is 23.0 Å². The zero-order chi connectivity index (χ0) is 34.7. The van der Waals surface area contributed by atoms with Gasteiger partial charge in [0.05, 0.1) is 28.4 Å². The number of ether oxygens (including phenoxy) is 4. The molecule has 3 aliphatic carbocycles. The Labute approximate surface area is 297 Å². The van der Waals surface area contributed by atoms with Crippen molar-refractivity contribution in [2.24, 2.45) is 5.41 Å². The second-order valence-corrected chi connectivity index (χ2v) is 13.9. The van der Waals surface area contributed by atoms with Crippen LogP contribution in [-0.4, -0.2) is 28.4 Å². The summed E-state index contributed by atoms with van der Waals surface area (Å²) in [5, 5.41) is 0. The summed E-state index contributed by atoms with van der Waals surface area (Å²) in [7, 11) is 6.92. The van der Waals surface area contributed by atoms with Crippen molar-refractivity contribution in [3.05, 3.63) is 154 Å². The Hall–Kier alpha value is -4.96. The molecule has 3 unspecified atom stereocenters. The van der Waals surface area contributed by atoms with Crippen LogP contribution in [0.25, 0.3) is 12.2 Å². The lowest BCUT2D eigenvalue weighted by Crippen LogP contribution is -2.44. The van der Waals surface area contributed by atoms with Gasteiger partial charge >= 0.3 is 0 Å². The Kier molecular flexibility index (Phi) is 9.72. The fourth-order valence-corrected chi connectivity index (χ4v) is 9.00. The summed E-state index contributed by atoms with van der Waals surface area (Å²) >= 11 is 0. The number of methoxy groups -OCH3 is 4. The molecule has 0 amide bonds. The minimum atomic E-state index is -0.207. The molecular formula is C46H48O4. The Morgan fingerprint density at radius 1 is 0.560 bits per heavy atom. The van der Waals surface area contributed by atoms with E-state index in [1.807, 2.05) is 12.1 Å². The second kappa shape index (κ2) is 14.5. The molecule has 1 saturated carbocycles. The van der Waals surface area contributed by atoms with Gasteiger partial charge < -0.3 is 18.9 Å². The first-order chi connectivity index (χ1) is 24.5. The van der Waals surface area contributed by atoms with Crippen LogP contribution in [0.2, 0.25) is 0 Å². The summed E-state index contributed by atoms with van der Waals surface area (Å²) < 4.78 is 22.2. The first-order valence-electron chi connectivity index (χ1n) is 17.9. The van der Waals surface area contributed by atoms with Crippen LogP contribution < -0.4 is 18.9 Å². The molecule has 256 valence electrons. The van der Waals surface area contributed by atoms with E-state index in [4.69, 9.17) is 25.5 Å². The van der Waals surface area contributed by atoms with Crippen molar-refractivity contribution in [2.75, 3.05) is 28.4 Å². The van der Waals surface area contributed by atoms with E-state index < -0.39 is 0 Å². The normalized spacial score (nSPS) is 23.6. The van der Waals surface area contributed by atoms with Crippen molar-refractivity contribution in [1.82, 2.24) is 0 Å². The van der Waals surface area contributed by atoms with Crippen LogP contribution in [0.15, 0.2) is 132 Å². The van der Waals surface area contributed by atoms with E-state index in [2.05, 4.69) is 97.1 Å². The third-order valence-electron chi connectivity index (χ3n) is 11.4. The van der Waals surface area contributed by atoms with Gasteiger partial charge in [-0.25, -0.2) is 0 Å². The number of benzene rings is 4. The molecule has 0 aromatic heterocycles. The summed E-state index contributed by atoms with van der Waals surface area (Å²) in [4.78, 5) is 0. The highest BCUT2D eigenvalue weighted by atomic mass is 16.5. The fourth-order valence-electron chi connectivity index (χ4n) is 9.00. The van der Waals surface area contributed by atoms with Crippen molar-refractivity contribution < 1.29 is 18.9 Å². The van der Waals surface area contributed by atoms with Gasteiger partial charge in [-0.1, -0.05) is 72.8 Å². The van der Waals surface area contributed by atoms with Gasteiger partial charge in [-0.15, -0.1) is 0 Å². The maximum atomic E-state index is 5.66. The monoisotopic (exact) mass is 664 g/mol. The highest BCUT2D eigenvalue weighted by Crippen LogP contribution is 2.67. The maximum Gasteiger partial charge on any atom is 0.118 e. The van der Waals surface area contributed by atoms with Gasteiger partial charge in [0.25, 0.3) is 0 Å².